The summed E-state index contributed by atoms with van der Waals surface area (Å²) in [4.78, 5) is 0. The Balaban J connectivity index is 2.51. The summed E-state index contributed by atoms with van der Waals surface area (Å²) in [6.07, 6.45) is 8.18. The Bertz CT molecular complexity index is 317. The first-order valence-electron chi connectivity index (χ1n) is 7.62. The van der Waals surface area contributed by atoms with Crippen LogP contribution in [0.2, 0.25) is 38.8 Å². The average Bonchev–Trinajstić information content (AvgIpc) is 2.65. The molecule has 1 fully saturated rings. The molecule has 1 rings (SSSR count). The molecule has 0 spiro atoms. The van der Waals surface area contributed by atoms with E-state index in [-0.39, 0.29) is 0 Å². The van der Waals surface area contributed by atoms with Gasteiger partial charge < -0.3 is 4.12 Å². The minimum Gasteiger partial charge on any atom is -0.456 e. The van der Waals surface area contributed by atoms with Gasteiger partial charge >= 0.3 is 0 Å². The molecule has 0 bridgehead atoms. The zero-order valence-corrected chi connectivity index (χ0v) is 15.5. The smallest absolute Gasteiger partial charge is 0.173 e. The molecule has 0 aliphatic heterocycles. The standard InChI is InChI=1S/C16H32OSi2/c1-8-14-12-15(9-2)16(13-14)10-11-19(6,7)17-18(3,4)5/h8-9,14-16H,1-2,10-13H2,3-7H3. The molecule has 0 N–H and O–H groups in total. The van der Waals surface area contributed by atoms with Crippen LogP contribution in [0.5, 0.6) is 0 Å². The van der Waals surface area contributed by atoms with Crippen molar-refractivity contribution in [1.82, 2.24) is 0 Å². The van der Waals surface area contributed by atoms with Gasteiger partial charge in [0.15, 0.2) is 16.6 Å². The molecule has 3 unspecified atom stereocenters. The minimum atomic E-state index is -1.48. The molecule has 110 valence electrons. The molecule has 0 aromatic heterocycles. The van der Waals surface area contributed by atoms with Gasteiger partial charge in [-0.15, -0.1) is 13.2 Å². The second-order valence-corrected chi connectivity index (χ2v) is 16.7. The van der Waals surface area contributed by atoms with Crippen LogP contribution < -0.4 is 0 Å². The fourth-order valence-electron chi connectivity index (χ4n) is 3.43. The summed E-state index contributed by atoms with van der Waals surface area (Å²) in [6, 6.07) is 1.29. The third kappa shape index (κ3) is 5.80. The molecule has 1 nitrogen and oxygen atoms in total. The molecule has 0 amide bonds. The Labute approximate surface area is 122 Å². The Morgan fingerprint density at radius 1 is 1.05 bits per heavy atom. The first kappa shape index (κ1) is 16.9. The van der Waals surface area contributed by atoms with Gasteiger partial charge in [0.1, 0.15) is 0 Å². The Morgan fingerprint density at radius 2 is 1.68 bits per heavy atom. The zero-order valence-electron chi connectivity index (χ0n) is 13.5. The van der Waals surface area contributed by atoms with Crippen LogP contribution in [0.3, 0.4) is 0 Å². The van der Waals surface area contributed by atoms with Crippen molar-refractivity contribution in [2.45, 2.75) is 58.0 Å². The van der Waals surface area contributed by atoms with Crippen molar-refractivity contribution in [2.24, 2.45) is 17.8 Å². The normalized spacial score (nSPS) is 28.4. The Hall–Kier alpha value is -0.126. The topological polar surface area (TPSA) is 9.23 Å². The van der Waals surface area contributed by atoms with Crippen molar-refractivity contribution in [3.8, 4) is 0 Å². The molecule has 0 heterocycles. The quantitative estimate of drug-likeness (QED) is 0.448. The summed E-state index contributed by atoms with van der Waals surface area (Å²) in [5.41, 5.74) is 0. The first-order chi connectivity index (χ1) is 8.67. The van der Waals surface area contributed by atoms with Crippen LogP contribution in [0.1, 0.15) is 19.3 Å². The highest BCUT2D eigenvalue weighted by Crippen LogP contribution is 2.41. The van der Waals surface area contributed by atoms with Crippen LogP contribution in [-0.4, -0.2) is 16.6 Å². The molecular weight excluding hydrogens is 264 g/mol. The van der Waals surface area contributed by atoms with Crippen molar-refractivity contribution in [3.63, 3.8) is 0 Å². The van der Waals surface area contributed by atoms with Crippen LogP contribution in [0, 0.1) is 17.8 Å². The molecule has 1 saturated carbocycles. The monoisotopic (exact) mass is 296 g/mol. The predicted molar refractivity (Wildman–Crippen MR) is 91.4 cm³/mol. The van der Waals surface area contributed by atoms with Crippen molar-refractivity contribution in [3.05, 3.63) is 25.3 Å². The summed E-state index contributed by atoms with van der Waals surface area (Å²) < 4.78 is 6.44. The highest BCUT2D eigenvalue weighted by molar-refractivity contribution is 6.84. The number of allylic oxidation sites excluding steroid dienone is 2. The maximum absolute atomic E-state index is 6.44. The first-order valence-corrected chi connectivity index (χ1v) is 14.1. The highest BCUT2D eigenvalue weighted by atomic mass is 28.4. The van der Waals surface area contributed by atoms with E-state index in [4.69, 9.17) is 4.12 Å². The van der Waals surface area contributed by atoms with E-state index in [9.17, 15) is 0 Å². The minimum absolute atomic E-state index is 0.694. The van der Waals surface area contributed by atoms with Crippen molar-refractivity contribution < 1.29 is 4.12 Å². The molecule has 1 aliphatic carbocycles. The summed E-state index contributed by atoms with van der Waals surface area (Å²) in [7, 11) is -2.87. The van der Waals surface area contributed by atoms with Gasteiger partial charge in [0.05, 0.1) is 0 Å². The van der Waals surface area contributed by atoms with Crippen LogP contribution in [0.4, 0.5) is 0 Å². The molecule has 0 aromatic rings. The maximum Gasteiger partial charge on any atom is 0.173 e. The lowest BCUT2D eigenvalue weighted by molar-refractivity contribution is 0.430. The van der Waals surface area contributed by atoms with Gasteiger partial charge in [-0.3, -0.25) is 0 Å². The van der Waals surface area contributed by atoms with Gasteiger partial charge in [0.2, 0.25) is 0 Å². The van der Waals surface area contributed by atoms with E-state index in [1.54, 1.807) is 0 Å². The van der Waals surface area contributed by atoms with E-state index < -0.39 is 16.6 Å². The van der Waals surface area contributed by atoms with E-state index >= 15 is 0 Å². The molecular formula is C16H32OSi2. The SMILES string of the molecule is C=CC1CC(C=C)C(CC[Si](C)(C)O[Si](C)(C)C)C1. The molecule has 0 saturated heterocycles. The molecule has 19 heavy (non-hydrogen) atoms. The van der Waals surface area contributed by atoms with Gasteiger partial charge in [0, 0.05) is 0 Å². The number of rotatable bonds is 7. The summed E-state index contributed by atoms with van der Waals surface area (Å²) in [6.45, 7) is 19.7. The fourth-order valence-corrected chi connectivity index (χ4v) is 11.5. The Kier molecular flexibility index (Phi) is 5.84. The van der Waals surface area contributed by atoms with Crippen LogP contribution in [0.25, 0.3) is 0 Å². The lowest BCUT2D eigenvalue weighted by Crippen LogP contribution is -2.42. The second-order valence-electron chi connectivity index (χ2n) is 7.64. The average molecular weight is 297 g/mol. The number of hydrogen-bond acceptors (Lipinski definition) is 1. The molecule has 0 radical (unpaired) electrons. The van der Waals surface area contributed by atoms with Crippen molar-refractivity contribution in [1.29, 1.82) is 0 Å². The van der Waals surface area contributed by atoms with Gasteiger partial charge in [-0.1, -0.05) is 18.6 Å². The second kappa shape index (κ2) is 6.55. The van der Waals surface area contributed by atoms with Gasteiger partial charge in [-0.2, -0.15) is 0 Å². The lowest BCUT2D eigenvalue weighted by atomic mass is 9.94. The van der Waals surface area contributed by atoms with Gasteiger partial charge in [0.25, 0.3) is 0 Å². The maximum atomic E-state index is 6.44. The Morgan fingerprint density at radius 3 is 2.16 bits per heavy atom. The molecule has 1 aliphatic rings. The van der Waals surface area contributed by atoms with Crippen molar-refractivity contribution >= 4 is 16.6 Å². The zero-order chi connectivity index (χ0) is 14.7. The third-order valence-corrected chi connectivity index (χ3v) is 10.3. The van der Waals surface area contributed by atoms with Crippen LogP contribution in [-0.2, 0) is 4.12 Å². The van der Waals surface area contributed by atoms with Crippen molar-refractivity contribution in [2.75, 3.05) is 0 Å². The molecule has 3 heteroatoms. The largest absolute Gasteiger partial charge is 0.456 e. The van der Waals surface area contributed by atoms with E-state index in [1.165, 1.54) is 25.3 Å². The number of hydrogen-bond donors (Lipinski definition) is 0. The third-order valence-electron chi connectivity index (χ3n) is 4.12. The lowest BCUT2D eigenvalue weighted by Gasteiger charge is -2.32. The highest BCUT2D eigenvalue weighted by Gasteiger charge is 2.34. The fraction of sp³-hybridized carbons (Fsp3) is 0.750. The predicted octanol–water partition coefficient (Wildman–Crippen LogP) is 5.45. The van der Waals surface area contributed by atoms with Gasteiger partial charge in [-0.25, -0.2) is 0 Å². The van der Waals surface area contributed by atoms with Crippen LogP contribution >= 0.6 is 0 Å². The van der Waals surface area contributed by atoms with E-state index in [1.807, 2.05) is 0 Å². The summed E-state index contributed by atoms with van der Waals surface area (Å²) in [5.74, 6) is 2.20. The van der Waals surface area contributed by atoms with Crippen LogP contribution in [0.15, 0.2) is 25.3 Å². The van der Waals surface area contributed by atoms with E-state index in [2.05, 4.69) is 58.0 Å². The summed E-state index contributed by atoms with van der Waals surface area (Å²) in [5, 5.41) is 0. The summed E-state index contributed by atoms with van der Waals surface area (Å²) >= 11 is 0. The molecule has 0 aromatic carbocycles. The van der Waals surface area contributed by atoms with E-state index in [0.717, 1.165) is 5.92 Å². The van der Waals surface area contributed by atoms with Gasteiger partial charge in [-0.05, 0) is 69.4 Å². The molecule has 3 atom stereocenters. The van der Waals surface area contributed by atoms with E-state index in [0.29, 0.717) is 11.8 Å².